The maximum Gasteiger partial charge on any atom is 0.257 e. The molecule has 32 heavy (non-hydrogen) atoms. The van der Waals surface area contributed by atoms with Gasteiger partial charge in [0, 0.05) is 17.3 Å². The third-order valence-corrected chi connectivity index (χ3v) is 5.49. The van der Waals surface area contributed by atoms with Crippen molar-refractivity contribution in [1.29, 1.82) is 0 Å². The Kier molecular flexibility index (Phi) is 6.11. The molecule has 0 bridgehead atoms. The van der Waals surface area contributed by atoms with Gasteiger partial charge in [0.2, 0.25) is 5.89 Å². The lowest BCUT2D eigenvalue weighted by molar-refractivity contribution is 0.0977. The summed E-state index contributed by atoms with van der Waals surface area (Å²) >= 11 is 8.58. The van der Waals surface area contributed by atoms with Gasteiger partial charge in [0.1, 0.15) is 17.0 Å². The maximum absolute atomic E-state index is 12.4. The van der Waals surface area contributed by atoms with E-state index in [1.807, 2.05) is 25.1 Å². The molecule has 0 saturated carbocycles. The maximum atomic E-state index is 12.4. The standard InChI is InChI=1S/C23H18BrN3O4S/c1-12-3-7-17-20(9-12)31-22(26-17)15-6-5-14(11-18(15)28)25-23(32)27-21(29)13-4-8-19(30-2)16(24)10-13/h3-11,28H,1-2H3,(H2,25,27,29,32). The van der Waals surface area contributed by atoms with Crippen LogP contribution in [0.2, 0.25) is 0 Å². The van der Waals surface area contributed by atoms with E-state index in [0.29, 0.717) is 44.0 Å². The Labute approximate surface area is 197 Å². The number of benzene rings is 3. The van der Waals surface area contributed by atoms with E-state index in [0.717, 1.165) is 5.56 Å². The minimum absolute atomic E-state index is 0.0357. The van der Waals surface area contributed by atoms with Crippen LogP contribution in [0.15, 0.2) is 63.5 Å². The number of hydrogen-bond donors (Lipinski definition) is 3. The van der Waals surface area contributed by atoms with Gasteiger partial charge in [0.15, 0.2) is 10.7 Å². The van der Waals surface area contributed by atoms with Crippen molar-refractivity contribution in [3.63, 3.8) is 0 Å². The zero-order valence-electron chi connectivity index (χ0n) is 17.1. The van der Waals surface area contributed by atoms with Crippen LogP contribution >= 0.6 is 28.1 Å². The molecule has 0 aliphatic carbocycles. The first-order valence-electron chi connectivity index (χ1n) is 9.50. The van der Waals surface area contributed by atoms with Gasteiger partial charge >= 0.3 is 0 Å². The highest BCUT2D eigenvalue weighted by molar-refractivity contribution is 9.10. The number of hydrogen-bond acceptors (Lipinski definition) is 6. The number of ether oxygens (including phenoxy) is 1. The summed E-state index contributed by atoms with van der Waals surface area (Å²) in [5.41, 5.74) is 3.77. The Bertz CT molecular complexity index is 1350. The number of rotatable bonds is 4. The van der Waals surface area contributed by atoms with Crippen molar-refractivity contribution in [2.45, 2.75) is 6.92 Å². The molecule has 0 spiro atoms. The molecule has 4 rings (SSSR count). The van der Waals surface area contributed by atoms with E-state index in [4.69, 9.17) is 21.4 Å². The summed E-state index contributed by atoms with van der Waals surface area (Å²) in [4.78, 5) is 16.9. The van der Waals surface area contributed by atoms with Gasteiger partial charge < -0.3 is 19.6 Å². The summed E-state index contributed by atoms with van der Waals surface area (Å²) in [6.07, 6.45) is 0. The third kappa shape index (κ3) is 4.58. The fourth-order valence-electron chi connectivity index (χ4n) is 3.08. The van der Waals surface area contributed by atoms with Gasteiger partial charge in [-0.15, -0.1) is 0 Å². The van der Waals surface area contributed by atoms with E-state index in [2.05, 4.69) is 31.5 Å². The van der Waals surface area contributed by atoms with Crippen LogP contribution in [0.5, 0.6) is 11.5 Å². The fraction of sp³-hybridized carbons (Fsp3) is 0.0870. The first-order valence-corrected chi connectivity index (χ1v) is 10.7. The van der Waals surface area contributed by atoms with Crippen LogP contribution in [0.4, 0.5) is 5.69 Å². The second-order valence-corrected chi connectivity index (χ2v) is 8.24. The second kappa shape index (κ2) is 8.97. The molecule has 162 valence electrons. The van der Waals surface area contributed by atoms with Crippen molar-refractivity contribution >= 4 is 56.0 Å². The summed E-state index contributed by atoms with van der Waals surface area (Å²) < 4.78 is 11.6. The summed E-state index contributed by atoms with van der Waals surface area (Å²) in [6, 6.07) is 15.5. The van der Waals surface area contributed by atoms with Crippen LogP contribution in [0.25, 0.3) is 22.6 Å². The van der Waals surface area contributed by atoms with Crippen LogP contribution in [0.1, 0.15) is 15.9 Å². The first kappa shape index (κ1) is 21.8. The number of oxazole rings is 1. The van der Waals surface area contributed by atoms with Gasteiger partial charge in [0.05, 0.1) is 17.1 Å². The van der Waals surface area contributed by atoms with E-state index < -0.39 is 0 Å². The Morgan fingerprint density at radius 2 is 1.97 bits per heavy atom. The van der Waals surface area contributed by atoms with Crippen molar-refractivity contribution in [3.05, 3.63) is 70.2 Å². The van der Waals surface area contributed by atoms with Gasteiger partial charge in [0.25, 0.3) is 5.91 Å². The summed E-state index contributed by atoms with van der Waals surface area (Å²) in [6.45, 7) is 1.97. The highest BCUT2D eigenvalue weighted by Gasteiger charge is 2.14. The van der Waals surface area contributed by atoms with Gasteiger partial charge in [-0.3, -0.25) is 10.1 Å². The number of anilines is 1. The van der Waals surface area contributed by atoms with E-state index in [1.165, 1.54) is 6.07 Å². The minimum atomic E-state index is -0.381. The number of amides is 1. The molecule has 3 N–H and O–H groups in total. The smallest absolute Gasteiger partial charge is 0.257 e. The van der Waals surface area contributed by atoms with E-state index in [1.54, 1.807) is 37.4 Å². The zero-order valence-corrected chi connectivity index (χ0v) is 19.5. The Hall–Kier alpha value is -3.43. The Morgan fingerprint density at radius 1 is 1.16 bits per heavy atom. The molecular weight excluding hydrogens is 494 g/mol. The average Bonchev–Trinajstić information content (AvgIpc) is 3.16. The highest BCUT2D eigenvalue weighted by atomic mass is 79.9. The molecule has 0 radical (unpaired) electrons. The van der Waals surface area contributed by atoms with Crippen molar-refractivity contribution in [3.8, 4) is 23.0 Å². The zero-order chi connectivity index (χ0) is 22.8. The molecule has 7 nitrogen and oxygen atoms in total. The summed E-state index contributed by atoms with van der Waals surface area (Å²) in [7, 11) is 1.55. The largest absolute Gasteiger partial charge is 0.507 e. The monoisotopic (exact) mass is 511 g/mol. The van der Waals surface area contributed by atoms with Crippen molar-refractivity contribution < 1.29 is 19.1 Å². The summed E-state index contributed by atoms with van der Waals surface area (Å²) in [5, 5.41) is 16.1. The van der Waals surface area contributed by atoms with Crippen molar-refractivity contribution in [2.75, 3.05) is 12.4 Å². The number of phenolic OH excluding ortho intramolecular Hbond substituents is 1. The van der Waals surface area contributed by atoms with Gasteiger partial charge in [-0.1, -0.05) is 6.07 Å². The van der Waals surface area contributed by atoms with E-state index in [-0.39, 0.29) is 16.8 Å². The van der Waals surface area contributed by atoms with E-state index in [9.17, 15) is 9.90 Å². The fourth-order valence-corrected chi connectivity index (χ4v) is 3.83. The molecule has 1 aromatic heterocycles. The van der Waals surface area contributed by atoms with Crippen LogP contribution in [0.3, 0.4) is 0 Å². The number of halogens is 1. The molecule has 1 amide bonds. The average molecular weight is 512 g/mol. The lowest BCUT2D eigenvalue weighted by Gasteiger charge is -2.11. The Morgan fingerprint density at radius 3 is 2.69 bits per heavy atom. The number of thiocarbonyl (C=S) groups is 1. The number of aryl methyl sites for hydroxylation is 1. The number of nitrogens with one attached hydrogen (secondary N) is 2. The van der Waals surface area contributed by atoms with Gasteiger partial charge in [-0.05, 0) is 83.1 Å². The quantitative estimate of drug-likeness (QED) is 0.315. The predicted octanol–water partition coefficient (Wildman–Crippen LogP) is 5.41. The van der Waals surface area contributed by atoms with Crippen LogP contribution < -0.4 is 15.4 Å². The summed E-state index contributed by atoms with van der Waals surface area (Å²) in [5.74, 6) is 0.516. The van der Waals surface area contributed by atoms with Crippen molar-refractivity contribution in [1.82, 2.24) is 10.3 Å². The second-order valence-electron chi connectivity index (χ2n) is 6.98. The van der Waals surface area contributed by atoms with Gasteiger partial charge in [-0.25, -0.2) is 4.98 Å². The van der Waals surface area contributed by atoms with E-state index >= 15 is 0 Å². The molecule has 0 atom stereocenters. The normalized spacial score (nSPS) is 10.7. The number of aromatic hydroxyl groups is 1. The molecule has 4 aromatic rings. The number of carbonyl (C=O) groups excluding carboxylic acids is 1. The van der Waals surface area contributed by atoms with Crippen LogP contribution in [-0.4, -0.2) is 28.2 Å². The number of aromatic nitrogens is 1. The number of fused-ring (bicyclic) bond motifs is 1. The molecule has 9 heteroatoms. The molecule has 0 saturated heterocycles. The molecule has 1 heterocycles. The number of phenols is 1. The number of methoxy groups -OCH3 is 1. The number of nitrogens with zero attached hydrogens (tertiary/aromatic N) is 1. The molecule has 0 fully saturated rings. The van der Waals surface area contributed by atoms with Crippen LogP contribution in [0, 0.1) is 6.92 Å². The number of carbonyl (C=O) groups is 1. The van der Waals surface area contributed by atoms with Crippen LogP contribution in [-0.2, 0) is 0 Å². The predicted molar refractivity (Wildman–Crippen MR) is 130 cm³/mol. The molecule has 3 aromatic carbocycles. The lowest BCUT2D eigenvalue weighted by Crippen LogP contribution is -2.34. The van der Waals surface area contributed by atoms with Crippen molar-refractivity contribution in [2.24, 2.45) is 0 Å². The first-order chi connectivity index (χ1) is 15.3. The molecule has 0 aliphatic heterocycles. The lowest BCUT2D eigenvalue weighted by atomic mass is 10.2. The topological polar surface area (TPSA) is 96.6 Å². The minimum Gasteiger partial charge on any atom is -0.507 e. The third-order valence-electron chi connectivity index (χ3n) is 4.67. The van der Waals surface area contributed by atoms with Gasteiger partial charge in [-0.2, -0.15) is 0 Å². The SMILES string of the molecule is COc1ccc(C(=O)NC(=S)Nc2ccc(-c3nc4ccc(C)cc4o3)c(O)c2)cc1Br. The molecular formula is C23H18BrN3O4S. The molecule has 0 unspecified atom stereocenters. The Balaban J connectivity index is 1.46. The molecule has 0 aliphatic rings. The highest BCUT2D eigenvalue weighted by Crippen LogP contribution is 2.33.